The summed E-state index contributed by atoms with van der Waals surface area (Å²) in [5, 5.41) is 10.6. The van der Waals surface area contributed by atoms with Crippen LogP contribution >= 0.6 is 0 Å². The second-order valence-electron chi connectivity index (χ2n) is 5.07. The molecule has 1 rings (SSSR count). The van der Waals surface area contributed by atoms with Crippen molar-refractivity contribution in [2.45, 2.75) is 39.8 Å². The van der Waals surface area contributed by atoms with E-state index < -0.39 is 0 Å². The van der Waals surface area contributed by atoms with Crippen LogP contribution in [0.25, 0.3) is 0 Å². The molecule has 0 aromatic heterocycles. The minimum absolute atomic E-state index is 0.0130. The third kappa shape index (κ3) is 3.27. The van der Waals surface area contributed by atoms with E-state index in [9.17, 15) is 10.1 Å². The highest BCUT2D eigenvalue weighted by Crippen LogP contribution is 2.21. The lowest BCUT2D eigenvalue weighted by Gasteiger charge is -2.28. The van der Waals surface area contributed by atoms with E-state index in [1.165, 1.54) is 7.11 Å². The van der Waals surface area contributed by atoms with Crippen molar-refractivity contribution in [1.82, 2.24) is 0 Å². The van der Waals surface area contributed by atoms with Crippen LogP contribution in [0.5, 0.6) is 0 Å². The summed E-state index contributed by atoms with van der Waals surface area (Å²) in [7, 11) is 1.54. The fourth-order valence-electron chi connectivity index (χ4n) is 2.17. The Hall–Kier alpha value is -1.46. The molecule has 102 valence electrons. The Morgan fingerprint density at radius 1 is 1.33 bits per heavy atom. The highest BCUT2D eigenvalue weighted by molar-refractivity contribution is 5.96. The molecule has 0 aliphatic carbocycles. The van der Waals surface area contributed by atoms with Gasteiger partial charge < -0.3 is 4.74 Å². The number of hydrogen-bond donors (Lipinski definition) is 0. The fourth-order valence-corrected chi connectivity index (χ4v) is 2.17. The van der Waals surface area contributed by atoms with Crippen LogP contribution in [0.2, 0.25) is 0 Å². The average molecular weight is 255 g/mol. The predicted molar refractivity (Wildman–Crippen MR) is 71.0 cm³/mol. The molecule has 0 radical (unpaired) electrons. The molecule has 18 heavy (non-hydrogen) atoms. The summed E-state index contributed by atoms with van der Waals surface area (Å²) in [5.74, 6) is 0.626. The van der Waals surface area contributed by atoms with Gasteiger partial charge in [0, 0.05) is 10.6 Å². The van der Waals surface area contributed by atoms with Gasteiger partial charge in [0.2, 0.25) is 12.4 Å². The molecule has 0 saturated carbocycles. The van der Waals surface area contributed by atoms with Gasteiger partial charge >= 0.3 is 0 Å². The zero-order valence-electron chi connectivity index (χ0n) is 11.6. The van der Waals surface area contributed by atoms with Crippen molar-refractivity contribution in [3.63, 3.8) is 0 Å². The lowest BCUT2D eigenvalue weighted by atomic mass is 9.95. The molecule has 6 heteroatoms. The first-order chi connectivity index (χ1) is 8.36. The van der Waals surface area contributed by atoms with Crippen molar-refractivity contribution >= 4 is 11.6 Å². The molecule has 0 bridgehead atoms. The molecule has 0 N–H and O–H groups in total. The molecular formula is C12H21N3O3. The van der Waals surface area contributed by atoms with Crippen LogP contribution in [0.1, 0.15) is 27.7 Å². The third-order valence-corrected chi connectivity index (χ3v) is 3.11. The summed E-state index contributed by atoms with van der Waals surface area (Å²) in [6.45, 7) is 7.74. The van der Waals surface area contributed by atoms with Crippen LogP contribution < -0.4 is 0 Å². The minimum atomic E-state index is -0.338. The van der Waals surface area contributed by atoms with Crippen LogP contribution in [0.4, 0.5) is 0 Å². The number of nitro groups is 1. The number of rotatable bonds is 4. The molecule has 0 fully saturated rings. The summed E-state index contributed by atoms with van der Waals surface area (Å²) in [4.78, 5) is 19.3. The highest BCUT2D eigenvalue weighted by atomic mass is 16.6. The first kappa shape index (κ1) is 14.6. The standard InChI is InChI=1S/C12H21N3O3/c1-7(2)10-9(4)13-11(12(14-10)18-5)8(3)6-15(16)17/h7-8,10-11H,6H2,1-5H3/t8-,10+,11-/m0/s1. The largest absolute Gasteiger partial charge is 0.483 e. The number of ether oxygens (including phenoxy) is 1. The van der Waals surface area contributed by atoms with Gasteiger partial charge in [0.15, 0.2) is 0 Å². The van der Waals surface area contributed by atoms with Crippen LogP contribution in [0.15, 0.2) is 9.98 Å². The Morgan fingerprint density at radius 2 is 1.94 bits per heavy atom. The van der Waals surface area contributed by atoms with Crippen molar-refractivity contribution in [2.75, 3.05) is 13.7 Å². The Bertz CT molecular complexity index is 377. The van der Waals surface area contributed by atoms with Crippen LogP contribution in [0, 0.1) is 22.0 Å². The maximum Gasteiger partial charge on any atom is 0.209 e. The normalized spacial score (nSPS) is 25.4. The summed E-state index contributed by atoms with van der Waals surface area (Å²) >= 11 is 0. The highest BCUT2D eigenvalue weighted by Gasteiger charge is 2.33. The molecule has 1 aliphatic heterocycles. The number of methoxy groups -OCH3 is 1. The van der Waals surface area contributed by atoms with Gasteiger partial charge in [-0.05, 0) is 12.8 Å². The number of hydrogen-bond acceptors (Lipinski definition) is 5. The molecule has 3 atom stereocenters. The Balaban J connectivity index is 2.93. The minimum Gasteiger partial charge on any atom is -0.483 e. The third-order valence-electron chi connectivity index (χ3n) is 3.11. The fraction of sp³-hybridized carbons (Fsp3) is 0.833. The average Bonchev–Trinajstić information content (AvgIpc) is 2.27. The maximum atomic E-state index is 10.6. The summed E-state index contributed by atoms with van der Waals surface area (Å²) in [6, 6.07) is -0.325. The maximum absolute atomic E-state index is 10.6. The first-order valence-electron chi connectivity index (χ1n) is 6.14. The lowest BCUT2D eigenvalue weighted by molar-refractivity contribution is -0.487. The lowest BCUT2D eigenvalue weighted by Crippen LogP contribution is -2.40. The molecule has 0 saturated heterocycles. The van der Waals surface area contributed by atoms with Crippen molar-refractivity contribution in [2.24, 2.45) is 21.8 Å². The van der Waals surface area contributed by atoms with E-state index in [2.05, 4.69) is 23.8 Å². The van der Waals surface area contributed by atoms with E-state index in [-0.39, 0.29) is 29.5 Å². The topological polar surface area (TPSA) is 77.1 Å². The van der Waals surface area contributed by atoms with Crippen LogP contribution in [0.3, 0.4) is 0 Å². The molecule has 0 aromatic rings. The molecular weight excluding hydrogens is 234 g/mol. The van der Waals surface area contributed by atoms with E-state index >= 15 is 0 Å². The first-order valence-corrected chi connectivity index (χ1v) is 6.14. The molecule has 6 nitrogen and oxygen atoms in total. The quantitative estimate of drug-likeness (QED) is 0.567. The van der Waals surface area contributed by atoms with E-state index in [0.717, 1.165) is 5.71 Å². The molecule has 0 unspecified atom stereocenters. The summed E-state index contributed by atoms with van der Waals surface area (Å²) in [6.07, 6.45) is 0. The van der Waals surface area contributed by atoms with E-state index in [1.54, 1.807) is 6.92 Å². The van der Waals surface area contributed by atoms with E-state index in [4.69, 9.17) is 4.74 Å². The van der Waals surface area contributed by atoms with Gasteiger partial charge in [-0.15, -0.1) is 0 Å². The van der Waals surface area contributed by atoms with E-state index in [0.29, 0.717) is 11.8 Å². The molecule has 0 spiro atoms. The summed E-state index contributed by atoms with van der Waals surface area (Å²) in [5.41, 5.74) is 0.922. The predicted octanol–water partition coefficient (Wildman–Crippen LogP) is 1.81. The second-order valence-corrected chi connectivity index (χ2v) is 5.07. The van der Waals surface area contributed by atoms with Crippen molar-refractivity contribution < 1.29 is 9.66 Å². The van der Waals surface area contributed by atoms with Gasteiger partial charge in [0.25, 0.3) is 0 Å². The van der Waals surface area contributed by atoms with Gasteiger partial charge in [0.05, 0.1) is 19.1 Å². The number of aliphatic imine (C=N–C) groups is 2. The molecule has 0 aromatic carbocycles. The Morgan fingerprint density at radius 3 is 2.39 bits per heavy atom. The zero-order valence-corrected chi connectivity index (χ0v) is 11.6. The van der Waals surface area contributed by atoms with Gasteiger partial charge in [0.1, 0.15) is 6.04 Å². The smallest absolute Gasteiger partial charge is 0.209 e. The van der Waals surface area contributed by atoms with Crippen LogP contribution in [-0.4, -0.2) is 42.3 Å². The summed E-state index contributed by atoms with van der Waals surface area (Å²) < 4.78 is 5.26. The van der Waals surface area contributed by atoms with Crippen molar-refractivity contribution in [1.29, 1.82) is 0 Å². The van der Waals surface area contributed by atoms with Gasteiger partial charge in [-0.3, -0.25) is 15.1 Å². The SMILES string of the molecule is COC1=N[C@H](C(C)C)C(C)=N[C@H]1[C@@H](C)C[N+](=O)[O-]. The monoisotopic (exact) mass is 255 g/mol. The van der Waals surface area contributed by atoms with Gasteiger partial charge in [-0.1, -0.05) is 20.8 Å². The zero-order chi connectivity index (χ0) is 13.9. The molecule has 1 heterocycles. The Kier molecular flexibility index (Phi) is 4.81. The van der Waals surface area contributed by atoms with Crippen molar-refractivity contribution in [3.05, 3.63) is 10.1 Å². The van der Waals surface area contributed by atoms with Gasteiger partial charge in [-0.2, -0.15) is 0 Å². The van der Waals surface area contributed by atoms with Crippen LogP contribution in [-0.2, 0) is 4.74 Å². The molecule has 0 amide bonds. The van der Waals surface area contributed by atoms with Crippen molar-refractivity contribution in [3.8, 4) is 0 Å². The van der Waals surface area contributed by atoms with E-state index in [1.807, 2.05) is 6.92 Å². The number of nitrogens with zero attached hydrogens (tertiary/aromatic N) is 3. The second kappa shape index (κ2) is 5.93. The molecule has 1 aliphatic rings. The van der Waals surface area contributed by atoms with Gasteiger partial charge in [-0.25, -0.2) is 4.99 Å². The Labute approximate surface area is 107 Å².